The molecule has 5 heteroatoms. The molecule has 2 aromatic rings. The van der Waals surface area contributed by atoms with Gasteiger partial charge in [0.25, 0.3) is 0 Å². The molecule has 2 nitrogen and oxygen atoms in total. The summed E-state index contributed by atoms with van der Waals surface area (Å²) in [7, 11) is 1.89. The number of alkyl halides is 1. The highest BCUT2D eigenvalue weighted by molar-refractivity contribution is 7.99. The number of thioether (sulfide) groups is 1. The molecule has 1 saturated heterocycles. The number of furan rings is 1. The molecule has 0 amide bonds. The molecule has 0 aliphatic carbocycles. The van der Waals surface area contributed by atoms with Crippen LogP contribution >= 0.6 is 11.8 Å². The fraction of sp³-hybridized carbons (Fsp3) is 0.429. The van der Waals surface area contributed by atoms with Crippen LogP contribution in [0.3, 0.4) is 0 Å². The fourth-order valence-corrected chi connectivity index (χ4v) is 4.07. The number of hydrogen-bond donors (Lipinski definition) is 0. The number of halogens is 2. The van der Waals surface area contributed by atoms with Gasteiger partial charge in [-0.1, -0.05) is 12.1 Å². The molecule has 1 aliphatic heterocycles. The Labute approximate surface area is 114 Å². The summed E-state index contributed by atoms with van der Waals surface area (Å²) in [4.78, 5) is 1.97. The number of rotatable bonds is 2. The summed E-state index contributed by atoms with van der Waals surface area (Å²) < 4.78 is 32.9. The van der Waals surface area contributed by atoms with Crippen molar-refractivity contribution in [2.75, 3.05) is 26.0 Å². The minimum absolute atomic E-state index is 0.182. The van der Waals surface area contributed by atoms with E-state index >= 15 is 0 Å². The summed E-state index contributed by atoms with van der Waals surface area (Å²) in [5.74, 6) is 0.529. The Bertz CT molecular complexity index is 586. The van der Waals surface area contributed by atoms with Crippen molar-refractivity contribution in [3.8, 4) is 0 Å². The maximum absolute atomic E-state index is 14.5. The highest BCUT2D eigenvalue weighted by atomic mass is 32.2. The highest BCUT2D eigenvalue weighted by Crippen LogP contribution is 2.40. The molecule has 102 valence electrons. The lowest BCUT2D eigenvalue weighted by molar-refractivity contribution is 0.198. The first kappa shape index (κ1) is 12.9. The van der Waals surface area contributed by atoms with Gasteiger partial charge in [0.2, 0.25) is 0 Å². The summed E-state index contributed by atoms with van der Waals surface area (Å²) >= 11 is 1.61. The third-order valence-corrected chi connectivity index (χ3v) is 5.06. The van der Waals surface area contributed by atoms with Crippen molar-refractivity contribution < 1.29 is 13.2 Å². The Kier molecular flexibility index (Phi) is 3.50. The van der Waals surface area contributed by atoms with Crippen molar-refractivity contribution in [1.82, 2.24) is 4.90 Å². The van der Waals surface area contributed by atoms with Gasteiger partial charge in [-0.05, 0) is 13.1 Å². The summed E-state index contributed by atoms with van der Waals surface area (Å²) in [6, 6.07) is 5.05. The zero-order valence-electron chi connectivity index (χ0n) is 10.6. The van der Waals surface area contributed by atoms with E-state index in [1.807, 2.05) is 18.0 Å². The maximum atomic E-state index is 14.5. The fourth-order valence-electron chi connectivity index (χ4n) is 2.56. The first-order valence-electron chi connectivity index (χ1n) is 6.26. The molecular formula is C14H15F2NOS. The van der Waals surface area contributed by atoms with E-state index in [1.165, 1.54) is 6.26 Å². The Hall–Kier alpha value is -1.07. The van der Waals surface area contributed by atoms with E-state index < -0.39 is 6.67 Å². The van der Waals surface area contributed by atoms with Gasteiger partial charge < -0.3 is 4.42 Å². The Morgan fingerprint density at radius 1 is 1.42 bits per heavy atom. The van der Waals surface area contributed by atoms with E-state index in [0.29, 0.717) is 5.56 Å². The summed E-state index contributed by atoms with van der Waals surface area (Å²) in [6.45, 7) is 0.365. The monoisotopic (exact) mass is 283 g/mol. The average Bonchev–Trinajstić information content (AvgIpc) is 2.88. The molecule has 0 N–H and O–H groups in total. The largest absolute Gasteiger partial charge is 0.461 e. The Morgan fingerprint density at radius 3 is 3.05 bits per heavy atom. The van der Waals surface area contributed by atoms with Gasteiger partial charge in [-0.2, -0.15) is 11.8 Å². The zero-order valence-corrected chi connectivity index (χ0v) is 11.4. The molecule has 3 rings (SSSR count). The van der Waals surface area contributed by atoms with Gasteiger partial charge in [0.1, 0.15) is 6.67 Å². The van der Waals surface area contributed by atoms with E-state index in [0.717, 1.165) is 17.7 Å². The van der Waals surface area contributed by atoms with Gasteiger partial charge in [0.15, 0.2) is 11.4 Å². The second-order valence-electron chi connectivity index (χ2n) is 4.80. The van der Waals surface area contributed by atoms with Crippen molar-refractivity contribution >= 4 is 22.7 Å². The molecule has 1 aromatic heterocycles. The first-order valence-corrected chi connectivity index (χ1v) is 7.30. The van der Waals surface area contributed by atoms with Crippen molar-refractivity contribution in [2.45, 2.75) is 11.3 Å². The van der Waals surface area contributed by atoms with Crippen molar-refractivity contribution in [2.24, 2.45) is 0 Å². The lowest BCUT2D eigenvalue weighted by Gasteiger charge is -2.37. The Morgan fingerprint density at radius 2 is 2.26 bits per heavy atom. The van der Waals surface area contributed by atoms with Gasteiger partial charge in [0, 0.05) is 23.2 Å². The topological polar surface area (TPSA) is 16.4 Å². The van der Waals surface area contributed by atoms with Gasteiger partial charge in [-0.15, -0.1) is 0 Å². The van der Waals surface area contributed by atoms with Crippen LogP contribution in [0.1, 0.15) is 10.8 Å². The molecule has 1 fully saturated rings. The van der Waals surface area contributed by atoms with Crippen LogP contribution in [0.4, 0.5) is 8.78 Å². The molecule has 0 bridgehead atoms. The summed E-state index contributed by atoms with van der Waals surface area (Å²) in [6.07, 6.45) is 1.48. The van der Waals surface area contributed by atoms with E-state index in [1.54, 1.807) is 23.9 Å². The van der Waals surface area contributed by atoms with Crippen LogP contribution < -0.4 is 0 Å². The Balaban J connectivity index is 2.04. The van der Waals surface area contributed by atoms with Crippen LogP contribution in [0.5, 0.6) is 0 Å². The van der Waals surface area contributed by atoms with Crippen molar-refractivity contribution in [1.29, 1.82) is 0 Å². The molecule has 1 aliphatic rings. The van der Waals surface area contributed by atoms with Crippen LogP contribution in [0.15, 0.2) is 28.9 Å². The molecular weight excluding hydrogens is 268 g/mol. The van der Waals surface area contributed by atoms with Crippen LogP contribution in [0, 0.1) is 5.82 Å². The average molecular weight is 283 g/mol. The van der Waals surface area contributed by atoms with Gasteiger partial charge >= 0.3 is 0 Å². The number of benzene rings is 1. The third-order valence-electron chi connectivity index (χ3n) is 3.71. The molecule has 0 radical (unpaired) electrons. The smallest absolute Gasteiger partial charge is 0.170 e. The van der Waals surface area contributed by atoms with E-state index in [4.69, 9.17) is 4.42 Å². The molecule has 2 atom stereocenters. The second kappa shape index (κ2) is 5.13. The molecule has 1 aromatic carbocycles. The number of nitrogens with zero attached hydrogens (tertiary/aromatic N) is 1. The summed E-state index contributed by atoms with van der Waals surface area (Å²) in [5.41, 5.74) is 0.811. The quantitative estimate of drug-likeness (QED) is 0.837. The van der Waals surface area contributed by atoms with E-state index in [9.17, 15) is 8.78 Å². The number of hydrogen-bond acceptors (Lipinski definition) is 3. The van der Waals surface area contributed by atoms with Crippen LogP contribution in [-0.4, -0.2) is 37.0 Å². The lowest BCUT2D eigenvalue weighted by Crippen LogP contribution is -2.42. The molecule has 2 unspecified atom stereocenters. The van der Waals surface area contributed by atoms with E-state index in [-0.39, 0.29) is 22.7 Å². The molecule has 0 saturated carbocycles. The van der Waals surface area contributed by atoms with Crippen LogP contribution in [0.2, 0.25) is 0 Å². The third kappa shape index (κ3) is 2.15. The normalized spacial score (nSPS) is 25.0. The van der Waals surface area contributed by atoms with Crippen molar-refractivity contribution in [3.05, 3.63) is 35.8 Å². The zero-order chi connectivity index (χ0) is 13.4. The molecule has 0 spiro atoms. The lowest BCUT2D eigenvalue weighted by atomic mass is 10.0. The maximum Gasteiger partial charge on any atom is 0.170 e. The number of fused-ring (bicyclic) bond motifs is 1. The standard InChI is InChI=1S/C14H15F2NOS/c1-17-5-7-19-14(11(17)8-15)10-3-2-9-4-6-18-13(9)12(10)16/h2-4,6,11,14H,5,7-8H2,1H3. The highest BCUT2D eigenvalue weighted by Gasteiger charge is 2.33. The summed E-state index contributed by atoms with van der Waals surface area (Å²) in [5, 5.41) is 0.561. The predicted octanol–water partition coefficient (Wildman–Crippen LogP) is 3.63. The predicted molar refractivity (Wildman–Crippen MR) is 73.8 cm³/mol. The number of likely N-dealkylation sites (N-methyl/N-ethyl adjacent to an activating group) is 1. The van der Waals surface area contributed by atoms with Gasteiger partial charge in [0.05, 0.1) is 17.6 Å². The van der Waals surface area contributed by atoms with E-state index in [2.05, 4.69) is 0 Å². The minimum atomic E-state index is -0.468. The minimum Gasteiger partial charge on any atom is -0.461 e. The van der Waals surface area contributed by atoms with Gasteiger partial charge in [-0.25, -0.2) is 8.78 Å². The molecule has 19 heavy (non-hydrogen) atoms. The second-order valence-corrected chi connectivity index (χ2v) is 6.05. The van der Waals surface area contributed by atoms with Crippen LogP contribution in [-0.2, 0) is 0 Å². The first-order chi connectivity index (χ1) is 9.22. The van der Waals surface area contributed by atoms with Gasteiger partial charge in [-0.3, -0.25) is 4.90 Å². The molecule has 2 heterocycles. The SMILES string of the molecule is CN1CCSC(c2ccc3ccoc3c2F)C1CF. The van der Waals surface area contributed by atoms with Crippen LogP contribution in [0.25, 0.3) is 11.0 Å². The van der Waals surface area contributed by atoms with Crippen molar-refractivity contribution in [3.63, 3.8) is 0 Å².